The summed E-state index contributed by atoms with van der Waals surface area (Å²) in [5, 5.41) is 0.309. The van der Waals surface area contributed by atoms with Gasteiger partial charge < -0.3 is 14.4 Å². The van der Waals surface area contributed by atoms with Gasteiger partial charge in [0.1, 0.15) is 16.7 Å². The standard InChI is InChI=1S/C16H21ClN2O4/c1-16(2,3)23-15(21)19-6-4-12(5-7-19)22-14-13(17)8-11(10-20)9-18-14/h8-10,12H,4-7H2,1-3H3. The fourth-order valence-electron chi connectivity index (χ4n) is 2.23. The van der Waals surface area contributed by atoms with Crippen molar-refractivity contribution < 1.29 is 19.1 Å². The van der Waals surface area contributed by atoms with E-state index >= 15 is 0 Å². The minimum absolute atomic E-state index is 0.0687. The van der Waals surface area contributed by atoms with Crippen LogP contribution < -0.4 is 4.74 Å². The lowest BCUT2D eigenvalue weighted by Crippen LogP contribution is -2.44. The zero-order valence-electron chi connectivity index (χ0n) is 13.5. The van der Waals surface area contributed by atoms with Gasteiger partial charge in [-0.3, -0.25) is 4.79 Å². The molecule has 0 aromatic carbocycles. The van der Waals surface area contributed by atoms with Crippen LogP contribution in [-0.2, 0) is 4.74 Å². The van der Waals surface area contributed by atoms with Crippen LogP contribution in [0.25, 0.3) is 0 Å². The summed E-state index contributed by atoms with van der Waals surface area (Å²) in [6, 6.07) is 1.52. The monoisotopic (exact) mass is 340 g/mol. The zero-order chi connectivity index (χ0) is 17.0. The van der Waals surface area contributed by atoms with Gasteiger partial charge in [0.15, 0.2) is 6.29 Å². The molecule has 0 N–H and O–H groups in total. The number of nitrogens with zero attached hydrogens (tertiary/aromatic N) is 2. The maximum absolute atomic E-state index is 12.0. The Kier molecular flexibility index (Phi) is 5.46. The van der Waals surface area contributed by atoms with E-state index in [0.29, 0.717) is 48.7 Å². The predicted molar refractivity (Wildman–Crippen MR) is 86.1 cm³/mol. The van der Waals surface area contributed by atoms with Gasteiger partial charge in [0.05, 0.1) is 0 Å². The molecule has 7 heteroatoms. The van der Waals surface area contributed by atoms with Gasteiger partial charge in [-0.1, -0.05) is 11.6 Å². The predicted octanol–water partition coefficient (Wildman–Crippen LogP) is 3.33. The van der Waals surface area contributed by atoms with Gasteiger partial charge in [0, 0.05) is 37.7 Å². The highest BCUT2D eigenvalue weighted by Crippen LogP contribution is 2.26. The second kappa shape index (κ2) is 7.17. The largest absolute Gasteiger partial charge is 0.473 e. The van der Waals surface area contributed by atoms with Crippen molar-refractivity contribution in [2.24, 2.45) is 0 Å². The second-order valence-corrected chi connectivity index (χ2v) is 6.87. The molecular weight excluding hydrogens is 320 g/mol. The number of ether oxygens (including phenoxy) is 2. The number of halogens is 1. The highest BCUT2D eigenvalue weighted by atomic mass is 35.5. The van der Waals surface area contributed by atoms with E-state index in [4.69, 9.17) is 21.1 Å². The number of hydrogen-bond donors (Lipinski definition) is 0. The average Bonchev–Trinajstić information content (AvgIpc) is 2.48. The summed E-state index contributed by atoms with van der Waals surface area (Å²) in [6.07, 6.45) is 3.08. The Balaban J connectivity index is 1.87. The molecule has 1 aromatic heterocycles. The van der Waals surface area contributed by atoms with E-state index in [-0.39, 0.29) is 12.2 Å². The molecule has 0 spiro atoms. The summed E-state index contributed by atoms with van der Waals surface area (Å²) in [6.45, 7) is 6.65. The van der Waals surface area contributed by atoms with E-state index < -0.39 is 5.60 Å². The molecule has 1 fully saturated rings. The molecule has 2 heterocycles. The fourth-order valence-corrected chi connectivity index (χ4v) is 2.45. The Labute approximate surface area is 140 Å². The molecule has 1 aliphatic rings. The molecule has 0 radical (unpaired) electrons. The summed E-state index contributed by atoms with van der Waals surface area (Å²) in [5.41, 5.74) is -0.0931. The lowest BCUT2D eigenvalue weighted by atomic mass is 10.1. The number of piperidine rings is 1. The number of carbonyl (C=O) groups is 2. The Hall–Kier alpha value is -1.82. The maximum Gasteiger partial charge on any atom is 0.410 e. The van der Waals surface area contributed by atoms with Crippen LogP contribution >= 0.6 is 11.6 Å². The van der Waals surface area contributed by atoms with Crippen LogP contribution in [0.4, 0.5) is 4.79 Å². The van der Waals surface area contributed by atoms with Crippen molar-refractivity contribution >= 4 is 24.0 Å². The van der Waals surface area contributed by atoms with E-state index in [1.165, 1.54) is 12.3 Å². The molecule has 0 saturated carbocycles. The van der Waals surface area contributed by atoms with Crippen molar-refractivity contribution in [3.05, 3.63) is 22.8 Å². The maximum atomic E-state index is 12.0. The third-order valence-corrected chi connectivity index (χ3v) is 3.61. The smallest absolute Gasteiger partial charge is 0.410 e. The molecule has 0 unspecified atom stereocenters. The first kappa shape index (κ1) is 17.5. The van der Waals surface area contributed by atoms with Gasteiger partial charge in [-0.05, 0) is 26.8 Å². The van der Waals surface area contributed by atoms with Crippen LogP contribution in [0.1, 0.15) is 44.0 Å². The summed E-state index contributed by atoms with van der Waals surface area (Å²) in [7, 11) is 0. The minimum Gasteiger partial charge on any atom is -0.473 e. The molecule has 126 valence electrons. The lowest BCUT2D eigenvalue weighted by molar-refractivity contribution is 0.0123. The number of aromatic nitrogens is 1. The van der Waals surface area contributed by atoms with E-state index in [2.05, 4.69) is 4.98 Å². The molecule has 1 saturated heterocycles. The first-order chi connectivity index (χ1) is 10.8. The summed E-state index contributed by atoms with van der Waals surface area (Å²) < 4.78 is 11.1. The minimum atomic E-state index is -0.498. The Bertz CT molecular complexity index is 578. The van der Waals surface area contributed by atoms with Crippen molar-refractivity contribution in [2.45, 2.75) is 45.3 Å². The topological polar surface area (TPSA) is 68.7 Å². The number of rotatable bonds is 3. The molecule has 0 aliphatic carbocycles. The number of amides is 1. The quantitative estimate of drug-likeness (QED) is 0.789. The molecule has 1 aliphatic heterocycles. The zero-order valence-corrected chi connectivity index (χ0v) is 14.3. The van der Waals surface area contributed by atoms with Gasteiger partial charge in [-0.15, -0.1) is 0 Å². The lowest BCUT2D eigenvalue weighted by Gasteiger charge is -2.33. The molecule has 23 heavy (non-hydrogen) atoms. The normalized spacial score (nSPS) is 16.1. The third kappa shape index (κ3) is 5.10. The van der Waals surface area contributed by atoms with Crippen LogP contribution in [0.15, 0.2) is 12.3 Å². The van der Waals surface area contributed by atoms with Crippen LogP contribution in [0.2, 0.25) is 5.02 Å². The van der Waals surface area contributed by atoms with Gasteiger partial charge in [0.2, 0.25) is 5.88 Å². The summed E-state index contributed by atoms with van der Waals surface area (Å²) in [5.74, 6) is 0.313. The SMILES string of the molecule is CC(C)(C)OC(=O)N1CCC(Oc2ncc(C=O)cc2Cl)CC1. The van der Waals surface area contributed by atoms with E-state index in [0.717, 1.165) is 0 Å². The average molecular weight is 341 g/mol. The number of hydrogen-bond acceptors (Lipinski definition) is 5. The van der Waals surface area contributed by atoms with Crippen LogP contribution in [0.3, 0.4) is 0 Å². The number of likely N-dealkylation sites (tertiary alicyclic amines) is 1. The third-order valence-electron chi connectivity index (χ3n) is 3.34. The molecule has 1 amide bonds. The van der Waals surface area contributed by atoms with Crippen molar-refractivity contribution in [3.8, 4) is 5.88 Å². The van der Waals surface area contributed by atoms with Gasteiger partial charge in [-0.25, -0.2) is 9.78 Å². The van der Waals surface area contributed by atoms with Crippen molar-refractivity contribution in [1.29, 1.82) is 0 Å². The second-order valence-electron chi connectivity index (χ2n) is 6.46. The summed E-state index contributed by atoms with van der Waals surface area (Å²) >= 11 is 6.05. The highest BCUT2D eigenvalue weighted by molar-refractivity contribution is 6.32. The van der Waals surface area contributed by atoms with Crippen LogP contribution in [-0.4, -0.2) is 47.1 Å². The molecular formula is C16H21ClN2O4. The molecule has 6 nitrogen and oxygen atoms in total. The van der Waals surface area contributed by atoms with E-state index in [9.17, 15) is 9.59 Å². The highest BCUT2D eigenvalue weighted by Gasteiger charge is 2.28. The first-order valence-corrected chi connectivity index (χ1v) is 7.91. The molecule has 2 rings (SSSR count). The number of aldehydes is 1. The van der Waals surface area contributed by atoms with Crippen molar-refractivity contribution in [3.63, 3.8) is 0 Å². The molecule has 0 atom stereocenters. The van der Waals surface area contributed by atoms with Gasteiger partial charge in [0.25, 0.3) is 0 Å². The Morgan fingerprint density at radius 2 is 2.04 bits per heavy atom. The number of carbonyl (C=O) groups excluding carboxylic acids is 2. The van der Waals surface area contributed by atoms with Crippen LogP contribution in [0, 0.1) is 0 Å². The van der Waals surface area contributed by atoms with Gasteiger partial charge >= 0.3 is 6.09 Å². The van der Waals surface area contributed by atoms with Crippen molar-refractivity contribution in [2.75, 3.05) is 13.1 Å². The molecule has 0 bridgehead atoms. The molecule has 1 aromatic rings. The number of pyridine rings is 1. The van der Waals surface area contributed by atoms with Crippen LogP contribution in [0.5, 0.6) is 5.88 Å². The Morgan fingerprint density at radius 3 is 2.57 bits per heavy atom. The van der Waals surface area contributed by atoms with Crippen molar-refractivity contribution in [1.82, 2.24) is 9.88 Å². The Morgan fingerprint density at radius 1 is 1.39 bits per heavy atom. The van der Waals surface area contributed by atoms with E-state index in [1.807, 2.05) is 20.8 Å². The van der Waals surface area contributed by atoms with E-state index in [1.54, 1.807) is 4.90 Å². The fraction of sp³-hybridized carbons (Fsp3) is 0.562. The van der Waals surface area contributed by atoms with Gasteiger partial charge in [-0.2, -0.15) is 0 Å². The summed E-state index contributed by atoms with van der Waals surface area (Å²) in [4.78, 5) is 28.4. The first-order valence-electron chi connectivity index (χ1n) is 7.54.